The Bertz CT molecular complexity index is 264. The maximum absolute atomic E-state index is 10.6. The van der Waals surface area contributed by atoms with Crippen LogP contribution in [0.1, 0.15) is 0 Å². The van der Waals surface area contributed by atoms with Gasteiger partial charge >= 0.3 is 0 Å². The summed E-state index contributed by atoms with van der Waals surface area (Å²) in [6.45, 7) is 0. The van der Waals surface area contributed by atoms with Gasteiger partial charge in [0.05, 0.1) is 4.90 Å². The van der Waals surface area contributed by atoms with Gasteiger partial charge in [0.15, 0.2) is 0 Å². The lowest BCUT2D eigenvalue weighted by molar-refractivity contribution is 0.684. The topological polar surface area (TPSA) is 43.1 Å². The largest absolute Gasteiger partial charge is 0.248 e. The second-order valence-corrected chi connectivity index (χ2v) is 3.26. The molecule has 0 bridgehead atoms. The summed E-state index contributed by atoms with van der Waals surface area (Å²) in [5.41, 5.74) is 0. The third kappa shape index (κ3) is 1.80. The van der Waals surface area contributed by atoms with Gasteiger partial charge in [-0.3, -0.25) is 0 Å². The van der Waals surface area contributed by atoms with E-state index in [-0.39, 0.29) is 0 Å². The number of rotatable bonds is 1. The Hall–Kier alpha value is -0.380. The van der Waals surface area contributed by atoms with Crippen LogP contribution in [0.5, 0.6) is 0 Å². The van der Waals surface area contributed by atoms with Gasteiger partial charge in [0.1, 0.15) is 11.0 Å². The maximum atomic E-state index is 10.6. The highest BCUT2D eigenvalue weighted by molar-refractivity contribution is 7.82. The van der Waals surface area contributed by atoms with Crippen molar-refractivity contribution >= 4 is 22.6 Å². The quantitative estimate of drug-likeness (QED) is 0.688. The third-order valence-corrected chi connectivity index (χ3v) is 1.98. The Morgan fingerprint density at radius 1 is 1.50 bits per heavy atom. The average molecular weight is 176 g/mol. The normalized spacial score (nSPS) is 13.0. The van der Waals surface area contributed by atoms with Crippen LogP contribution in [0.3, 0.4) is 0 Å². The molecule has 0 aliphatic carbocycles. The van der Waals surface area contributed by atoms with E-state index in [9.17, 15) is 4.21 Å². The fourth-order valence-electron chi connectivity index (χ4n) is 0.592. The van der Waals surface area contributed by atoms with Gasteiger partial charge in [-0.05, 0) is 18.2 Å². The van der Waals surface area contributed by atoms with Crippen LogP contribution in [-0.2, 0) is 11.0 Å². The van der Waals surface area contributed by atoms with Gasteiger partial charge in [-0.1, -0.05) is 17.7 Å². The molecule has 2 N–H and O–H groups in total. The molecule has 0 amide bonds. The van der Waals surface area contributed by atoms with E-state index >= 15 is 0 Å². The minimum atomic E-state index is -1.42. The molecule has 0 saturated heterocycles. The van der Waals surface area contributed by atoms with Gasteiger partial charge in [0.25, 0.3) is 0 Å². The zero-order chi connectivity index (χ0) is 7.56. The highest BCUT2D eigenvalue weighted by atomic mass is 35.5. The van der Waals surface area contributed by atoms with Crippen LogP contribution in [0.25, 0.3) is 0 Å². The predicted octanol–water partition coefficient (Wildman–Crippen LogP) is 1.32. The summed E-state index contributed by atoms with van der Waals surface area (Å²) in [6, 6.07) is 6.67. The lowest BCUT2D eigenvalue weighted by Gasteiger charge is -1.93. The molecule has 0 radical (unpaired) electrons. The fourth-order valence-corrected chi connectivity index (χ4v) is 1.30. The van der Waals surface area contributed by atoms with Gasteiger partial charge in [0, 0.05) is 5.02 Å². The van der Waals surface area contributed by atoms with Crippen LogP contribution < -0.4 is 5.14 Å². The Labute approximate surface area is 66.6 Å². The number of benzene rings is 1. The van der Waals surface area contributed by atoms with E-state index in [1.54, 1.807) is 24.3 Å². The molecule has 1 aromatic rings. The number of hydrogen-bond acceptors (Lipinski definition) is 1. The number of hydrogen-bond donors (Lipinski definition) is 1. The molecule has 0 spiro atoms. The zero-order valence-electron chi connectivity index (χ0n) is 5.08. The molecule has 0 aliphatic heterocycles. The van der Waals surface area contributed by atoms with Crippen molar-refractivity contribution in [3.63, 3.8) is 0 Å². The van der Waals surface area contributed by atoms with Crippen molar-refractivity contribution < 1.29 is 4.21 Å². The average Bonchev–Trinajstić information content (AvgIpc) is 1.88. The molecule has 0 saturated carbocycles. The minimum Gasteiger partial charge on any atom is -0.248 e. The summed E-state index contributed by atoms with van der Waals surface area (Å²) in [4.78, 5) is 0.549. The van der Waals surface area contributed by atoms with Gasteiger partial charge in [-0.15, -0.1) is 0 Å². The second-order valence-electron chi connectivity index (χ2n) is 1.75. The molecule has 2 nitrogen and oxygen atoms in total. The van der Waals surface area contributed by atoms with E-state index in [2.05, 4.69) is 0 Å². The molecule has 0 aliphatic rings. The smallest absolute Gasteiger partial charge is 0.122 e. The van der Waals surface area contributed by atoms with Crippen LogP contribution in [0.15, 0.2) is 29.2 Å². The molecule has 1 aromatic carbocycles. The lowest BCUT2D eigenvalue weighted by Crippen LogP contribution is -2.01. The number of nitrogens with two attached hydrogens (primary N) is 1. The van der Waals surface area contributed by atoms with Gasteiger partial charge in [0.2, 0.25) is 0 Å². The van der Waals surface area contributed by atoms with Gasteiger partial charge in [-0.25, -0.2) is 9.35 Å². The highest BCUT2D eigenvalue weighted by Gasteiger charge is 1.96. The molecule has 1 atom stereocenters. The minimum absolute atomic E-state index is 0.549. The molecule has 54 valence electrons. The summed E-state index contributed by atoms with van der Waals surface area (Å²) >= 11 is 5.60. The van der Waals surface area contributed by atoms with Crippen molar-refractivity contribution in [2.75, 3.05) is 0 Å². The summed E-state index contributed by atoms with van der Waals surface area (Å²) in [5.74, 6) is 0. The lowest BCUT2D eigenvalue weighted by atomic mass is 10.4. The SMILES string of the molecule is NS(=O)c1cccc(Cl)c1. The summed E-state index contributed by atoms with van der Waals surface area (Å²) in [6.07, 6.45) is 0. The number of halogens is 1. The third-order valence-electron chi connectivity index (χ3n) is 1.03. The molecule has 10 heavy (non-hydrogen) atoms. The van der Waals surface area contributed by atoms with E-state index in [1.807, 2.05) is 0 Å². The van der Waals surface area contributed by atoms with Crippen molar-refractivity contribution in [3.05, 3.63) is 29.3 Å². The van der Waals surface area contributed by atoms with Crippen molar-refractivity contribution in [2.45, 2.75) is 4.90 Å². The molecule has 0 heterocycles. The molecule has 1 unspecified atom stereocenters. The Morgan fingerprint density at radius 2 is 2.20 bits per heavy atom. The summed E-state index contributed by atoms with van der Waals surface area (Å²) in [7, 11) is -1.42. The van der Waals surface area contributed by atoms with E-state index < -0.39 is 11.0 Å². The first kappa shape index (κ1) is 7.72. The van der Waals surface area contributed by atoms with Crippen LogP contribution in [0.2, 0.25) is 5.02 Å². The van der Waals surface area contributed by atoms with Crippen LogP contribution in [0, 0.1) is 0 Å². The second kappa shape index (κ2) is 3.14. The van der Waals surface area contributed by atoms with Gasteiger partial charge in [-0.2, -0.15) is 0 Å². The molecule has 1 rings (SSSR count). The first-order valence-electron chi connectivity index (χ1n) is 2.62. The standard InChI is InChI=1S/C6H6ClNOS/c7-5-2-1-3-6(4-5)10(8)9/h1-4H,8H2. The van der Waals surface area contributed by atoms with Crippen LogP contribution in [-0.4, -0.2) is 4.21 Å². The molecule has 4 heteroatoms. The van der Waals surface area contributed by atoms with E-state index in [0.29, 0.717) is 9.92 Å². The monoisotopic (exact) mass is 175 g/mol. The zero-order valence-corrected chi connectivity index (χ0v) is 6.65. The summed E-state index contributed by atoms with van der Waals surface area (Å²) in [5, 5.41) is 5.65. The first-order valence-corrected chi connectivity index (χ1v) is 4.21. The van der Waals surface area contributed by atoms with Crippen molar-refractivity contribution in [3.8, 4) is 0 Å². The maximum Gasteiger partial charge on any atom is 0.122 e. The van der Waals surface area contributed by atoms with Crippen LogP contribution >= 0.6 is 11.6 Å². The highest BCUT2D eigenvalue weighted by Crippen LogP contribution is 2.11. The molecular weight excluding hydrogens is 170 g/mol. The molecular formula is C6H6ClNOS. The Morgan fingerprint density at radius 3 is 2.60 bits per heavy atom. The van der Waals surface area contributed by atoms with Gasteiger partial charge < -0.3 is 0 Å². The fraction of sp³-hybridized carbons (Fsp3) is 0. The van der Waals surface area contributed by atoms with Crippen molar-refractivity contribution in [1.82, 2.24) is 0 Å². The summed E-state index contributed by atoms with van der Waals surface area (Å²) < 4.78 is 10.6. The molecule has 0 fully saturated rings. The van der Waals surface area contributed by atoms with Crippen LogP contribution in [0.4, 0.5) is 0 Å². The van der Waals surface area contributed by atoms with E-state index in [0.717, 1.165) is 0 Å². The van der Waals surface area contributed by atoms with Crippen molar-refractivity contribution in [2.24, 2.45) is 5.14 Å². The van der Waals surface area contributed by atoms with E-state index in [1.165, 1.54) is 0 Å². The van der Waals surface area contributed by atoms with E-state index in [4.69, 9.17) is 16.7 Å². The molecule has 0 aromatic heterocycles. The Kier molecular flexibility index (Phi) is 2.43. The first-order chi connectivity index (χ1) is 4.70. The predicted molar refractivity (Wildman–Crippen MR) is 42.0 cm³/mol. The van der Waals surface area contributed by atoms with Crippen molar-refractivity contribution in [1.29, 1.82) is 0 Å². The Balaban J connectivity index is 3.07.